The molecule has 0 atom stereocenters. The van der Waals surface area contributed by atoms with Crippen LogP contribution in [0, 0.1) is 6.92 Å². The largest absolute Gasteiger partial charge is 0.507 e. The standard InChI is InChI=1S/C16H19NO3/c1-10-7-13-14(17(2)16(10)19)8-12(9-15(13)18)11-3-5-20-6-4-11/h7-9,11,18H,3-6H2,1-2H3. The zero-order chi connectivity index (χ0) is 14.3. The van der Waals surface area contributed by atoms with Crippen LogP contribution in [0.25, 0.3) is 10.9 Å². The molecule has 0 unspecified atom stereocenters. The molecule has 2 aromatic rings. The van der Waals surface area contributed by atoms with Gasteiger partial charge in [-0.3, -0.25) is 4.79 Å². The summed E-state index contributed by atoms with van der Waals surface area (Å²) < 4.78 is 7.00. The van der Waals surface area contributed by atoms with Gasteiger partial charge in [0.25, 0.3) is 5.56 Å². The summed E-state index contributed by atoms with van der Waals surface area (Å²) in [5, 5.41) is 11.0. The van der Waals surface area contributed by atoms with Crippen LogP contribution in [0.3, 0.4) is 0 Å². The number of nitrogens with zero attached hydrogens (tertiary/aromatic N) is 1. The molecule has 0 spiro atoms. The van der Waals surface area contributed by atoms with E-state index in [0.29, 0.717) is 11.5 Å². The molecule has 1 aromatic heterocycles. The Hall–Kier alpha value is -1.81. The molecule has 1 saturated heterocycles. The number of rotatable bonds is 1. The Kier molecular flexibility index (Phi) is 3.26. The molecular weight excluding hydrogens is 254 g/mol. The third-order valence-corrected chi connectivity index (χ3v) is 4.22. The summed E-state index contributed by atoms with van der Waals surface area (Å²) in [6.07, 6.45) is 1.93. The van der Waals surface area contributed by atoms with Crippen molar-refractivity contribution in [2.45, 2.75) is 25.7 Å². The smallest absolute Gasteiger partial charge is 0.253 e. The van der Waals surface area contributed by atoms with Gasteiger partial charge in [0.15, 0.2) is 0 Å². The maximum absolute atomic E-state index is 12.0. The fourth-order valence-electron chi connectivity index (χ4n) is 2.99. The van der Waals surface area contributed by atoms with Gasteiger partial charge in [0.1, 0.15) is 5.75 Å². The van der Waals surface area contributed by atoms with E-state index in [1.54, 1.807) is 24.6 Å². The van der Waals surface area contributed by atoms with E-state index in [1.807, 2.05) is 12.1 Å². The molecule has 1 aliphatic rings. The molecule has 3 rings (SSSR count). The minimum atomic E-state index is -0.0129. The summed E-state index contributed by atoms with van der Waals surface area (Å²) in [5.74, 6) is 0.651. The maximum Gasteiger partial charge on any atom is 0.253 e. The van der Waals surface area contributed by atoms with Crippen molar-refractivity contribution >= 4 is 10.9 Å². The van der Waals surface area contributed by atoms with Crippen LogP contribution in [0.2, 0.25) is 0 Å². The molecule has 1 N–H and O–H groups in total. The van der Waals surface area contributed by atoms with Crippen LogP contribution in [0.4, 0.5) is 0 Å². The third kappa shape index (κ3) is 2.10. The van der Waals surface area contributed by atoms with Crippen LogP contribution in [0.1, 0.15) is 29.9 Å². The molecule has 0 saturated carbocycles. The minimum absolute atomic E-state index is 0.0129. The Morgan fingerprint density at radius 2 is 1.95 bits per heavy atom. The average Bonchev–Trinajstić information content (AvgIpc) is 2.47. The van der Waals surface area contributed by atoms with E-state index < -0.39 is 0 Å². The number of phenols is 1. The average molecular weight is 273 g/mol. The molecule has 0 aliphatic carbocycles. The van der Waals surface area contributed by atoms with Crippen LogP contribution >= 0.6 is 0 Å². The monoisotopic (exact) mass is 273 g/mol. The van der Waals surface area contributed by atoms with Gasteiger partial charge in [-0.1, -0.05) is 0 Å². The van der Waals surface area contributed by atoms with Gasteiger partial charge in [-0.05, 0) is 49.4 Å². The molecule has 0 bridgehead atoms. The number of aryl methyl sites for hydroxylation is 2. The Morgan fingerprint density at radius 3 is 2.65 bits per heavy atom. The summed E-state index contributed by atoms with van der Waals surface area (Å²) in [6, 6.07) is 5.63. The summed E-state index contributed by atoms with van der Waals surface area (Å²) in [5.41, 5.74) is 2.52. The number of pyridine rings is 1. The highest BCUT2D eigenvalue weighted by atomic mass is 16.5. The van der Waals surface area contributed by atoms with E-state index in [0.717, 1.165) is 42.5 Å². The molecule has 4 nitrogen and oxygen atoms in total. The van der Waals surface area contributed by atoms with E-state index in [1.165, 1.54) is 0 Å². The molecule has 1 aliphatic heterocycles. The van der Waals surface area contributed by atoms with Crippen LogP contribution < -0.4 is 5.56 Å². The lowest BCUT2D eigenvalue weighted by Crippen LogP contribution is -2.20. The highest BCUT2D eigenvalue weighted by molar-refractivity contribution is 5.86. The van der Waals surface area contributed by atoms with Crippen molar-refractivity contribution in [2.24, 2.45) is 7.05 Å². The number of aromatic hydroxyl groups is 1. The van der Waals surface area contributed by atoms with Gasteiger partial charge in [-0.25, -0.2) is 0 Å². The van der Waals surface area contributed by atoms with E-state index in [-0.39, 0.29) is 11.3 Å². The van der Waals surface area contributed by atoms with Gasteiger partial charge in [0.2, 0.25) is 0 Å². The zero-order valence-electron chi connectivity index (χ0n) is 11.8. The fraction of sp³-hybridized carbons (Fsp3) is 0.438. The number of hydrogen-bond donors (Lipinski definition) is 1. The van der Waals surface area contributed by atoms with Crippen molar-refractivity contribution in [3.8, 4) is 5.75 Å². The Labute approximate surface area is 117 Å². The lowest BCUT2D eigenvalue weighted by Gasteiger charge is -2.23. The first-order valence-corrected chi connectivity index (χ1v) is 6.99. The lowest BCUT2D eigenvalue weighted by molar-refractivity contribution is 0.0853. The highest BCUT2D eigenvalue weighted by Crippen LogP contribution is 2.33. The van der Waals surface area contributed by atoms with E-state index in [2.05, 4.69) is 0 Å². The topological polar surface area (TPSA) is 51.5 Å². The van der Waals surface area contributed by atoms with E-state index in [4.69, 9.17) is 4.74 Å². The molecule has 2 heterocycles. The predicted molar refractivity (Wildman–Crippen MR) is 78.4 cm³/mol. The van der Waals surface area contributed by atoms with Crippen molar-refractivity contribution in [3.05, 3.63) is 39.7 Å². The van der Waals surface area contributed by atoms with Crippen molar-refractivity contribution in [3.63, 3.8) is 0 Å². The van der Waals surface area contributed by atoms with Gasteiger partial charge in [-0.15, -0.1) is 0 Å². The molecule has 4 heteroatoms. The molecule has 1 aromatic carbocycles. The van der Waals surface area contributed by atoms with Crippen molar-refractivity contribution in [1.82, 2.24) is 4.57 Å². The van der Waals surface area contributed by atoms with Crippen LogP contribution in [0.5, 0.6) is 5.75 Å². The first kappa shape index (κ1) is 13.2. The summed E-state index contributed by atoms with van der Waals surface area (Å²) >= 11 is 0. The van der Waals surface area contributed by atoms with Crippen LogP contribution in [-0.2, 0) is 11.8 Å². The second-order valence-electron chi connectivity index (χ2n) is 5.55. The van der Waals surface area contributed by atoms with Crippen molar-refractivity contribution < 1.29 is 9.84 Å². The van der Waals surface area contributed by atoms with Crippen molar-refractivity contribution in [2.75, 3.05) is 13.2 Å². The molecule has 0 radical (unpaired) electrons. The first-order chi connectivity index (χ1) is 9.58. The number of aromatic nitrogens is 1. The lowest BCUT2D eigenvalue weighted by atomic mass is 9.90. The van der Waals surface area contributed by atoms with Gasteiger partial charge in [0.05, 0.1) is 5.52 Å². The maximum atomic E-state index is 12.0. The Balaban J connectivity index is 2.20. The SMILES string of the molecule is Cc1cc2c(O)cc(C3CCOCC3)cc2n(C)c1=O. The van der Waals surface area contributed by atoms with Crippen LogP contribution in [-0.4, -0.2) is 22.9 Å². The minimum Gasteiger partial charge on any atom is -0.507 e. The fourth-order valence-corrected chi connectivity index (χ4v) is 2.99. The van der Waals surface area contributed by atoms with Crippen molar-refractivity contribution in [1.29, 1.82) is 0 Å². The van der Waals surface area contributed by atoms with Gasteiger partial charge in [0, 0.05) is 31.2 Å². The molecule has 106 valence electrons. The number of phenolic OH excluding ortho intramolecular Hbond substituents is 1. The zero-order valence-corrected chi connectivity index (χ0v) is 11.8. The normalized spacial score (nSPS) is 16.7. The quantitative estimate of drug-likeness (QED) is 0.868. The molecular formula is C16H19NO3. The highest BCUT2D eigenvalue weighted by Gasteiger charge is 2.18. The molecule has 20 heavy (non-hydrogen) atoms. The Bertz CT molecular complexity index is 712. The van der Waals surface area contributed by atoms with Crippen LogP contribution in [0.15, 0.2) is 23.0 Å². The number of hydrogen-bond acceptors (Lipinski definition) is 3. The summed E-state index contributed by atoms with van der Waals surface area (Å²) in [4.78, 5) is 12.0. The van der Waals surface area contributed by atoms with E-state index >= 15 is 0 Å². The second-order valence-corrected chi connectivity index (χ2v) is 5.55. The number of benzene rings is 1. The molecule has 1 fully saturated rings. The second kappa shape index (κ2) is 4.94. The number of fused-ring (bicyclic) bond motifs is 1. The predicted octanol–water partition coefficient (Wildman–Crippen LogP) is 2.45. The van der Waals surface area contributed by atoms with Gasteiger partial charge in [-0.2, -0.15) is 0 Å². The van der Waals surface area contributed by atoms with E-state index in [9.17, 15) is 9.90 Å². The number of ether oxygens (including phenoxy) is 1. The third-order valence-electron chi connectivity index (χ3n) is 4.22. The Morgan fingerprint density at radius 1 is 1.25 bits per heavy atom. The van der Waals surface area contributed by atoms with Gasteiger partial charge < -0.3 is 14.4 Å². The summed E-state index contributed by atoms with van der Waals surface area (Å²) in [6.45, 7) is 3.29. The molecule has 0 amide bonds. The van der Waals surface area contributed by atoms with Gasteiger partial charge >= 0.3 is 0 Å². The first-order valence-electron chi connectivity index (χ1n) is 6.99. The summed E-state index contributed by atoms with van der Waals surface area (Å²) in [7, 11) is 1.75.